The number of nitrogens with one attached hydrogen (secondary N) is 1. The molecular formula is C13H15NO4. The summed E-state index contributed by atoms with van der Waals surface area (Å²) in [7, 11) is 0. The lowest BCUT2D eigenvalue weighted by molar-refractivity contribution is -0.137. The third-order valence-corrected chi connectivity index (χ3v) is 2.18. The number of rotatable bonds is 7. The molecule has 0 unspecified atom stereocenters. The van der Waals surface area contributed by atoms with Crippen LogP contribution in [-0.4, -0.2) is 35.2 Å². The van der Waals surface area contributed by atoms with Crippen molar-refractivity contribution in [1.29, 1.82) is 0 Å². The van der Waals surface area contributed by atoms with Gasteiger partial charge in [-0.3, -0.25) is 9.59 Å². The van der Waals surface area contributed by atoms with Crippen LogP contribution in [0.2, 0.25) is 0 Å². The Hall–Kier alpha value is -2.14. The summed E-state index contributed by atoms with van der Waals surface area (Å²) >= 11 is 0. The highest BCUT2D eigenvalue weighted by molar-refractivity contribution is 5.70. The number of carboxylic acid groups (broad SMARTS) is 2. The Bertz CT molecular complexity index is 437. The predicted octanol–water partition coefficient (Wildman–Crippen LogP) is 1.00. The van der Waals surface area contributed by atoms with E-state index in [1.165, 1.54) is 0 Å². The van der Waals surface area contributed by atoms with Gasteiger partial charge in [0, 0.05) is 6.54 Å². The molecule has 0 spiro atoms. The molecule has 0 radical (unpaired) electrons. The number of hydrogen-bond donors (Lipinski definition) is 3. The molecule has 3 N–H and O–H groups in total. The van der Waals surface area contributed by atoms with Gasteiger partial charge in [0.25, 0.3) is 0 Å². The Morgan fingerprint density at radius 2 is 1.78 bits per heavy atom. The van der Waals surface area contributed by atoms with Crippen LogP contribution in [0.25, 0.3) is 6.08 Å². The molecule has 0 saturated carbocycles. The normalized spacial score (nSPS) is 10.7. The summed E-state index contributed by atoms with van der Waals surface area (Å²) in [5.74, 6) is -1.74. The highest BCUT2D eigenvalue weighted by atomic mass is 16.4. The van der Waals surface area contributed by atoms with Crippen LogP contribution in [0.3, 0.4) is 0 Å². The molecule has 1 aromatic carbocycles. The molecule has 5 nitrogen and oxygen atoms in total. The van der Waals surface area contributed by atoms with Gasteiger partial charge in [-0.1, -0.05) is 36.4 Å². The Balaban J connectivity index is 2.40. The summed E-state index contributed by atoms with van der Waals surface area (Å²) in [6, 6.07) is 7.18. The Morgan fingerprint density at radius 1 is 1.11 bits per heavy atom. The molecule has 0 bridgehead atoms. The first-order chi connectivity index (χ1) is 8.58. The lowest BCUT2D eigenvalue weighted by atomic mass is 10.1. The van der Waals surface area contributed by atoms with E-state index < -0.39 is 11.9 Å². The highest BCUT2D eigenvalue weighted by Crippen LogP contribution is 2.06. The van der Waals surface area contributed by atoms with Gasteiger partial charge in [0.2, 0.25) is 0 Å². The lowest BCUT2D eigenvalue weighted by Gasteiger charge is -1.98. The van der Waals surface area contributed by atoms with Gasteiger partial charge in [-0.2, -0.15) is 0 Å². The summed E-state index contributed by atoms with van der Waals surface area (Å²) < 4.78 is 0. The topological polar surface area (TPSA) is 86.6 Å². The van der Waals surface area contributed by atoms with E-state index in [0.717, 1.165) is 11.1 Å². The average molecular weight is 249 g/mol. The average Bonchev–Trinajstić information content (AvgIpc) is 2.30. The minimum absolute atomic E-state index is 0.0180. The van der Waals surface area contributed by atoms with Gasteiger partial charge in [0.1, 0.15) is 0 Å². The molecule has 96 valence electrons. The minimum atomic E-state index is -0.888. The zero-order chi connectivity index (χ0) is 13.4. The van der Waals surface area contributed by atoms with Gasteiger partial charge in [-0.15, -0.1) is 0 Å². The van der Waals surface area contributed by atoms with Crippen LogP contribution in [0.5, 0.6) is 0 Å². The van der Waals surface area contributed by atoms with E-state index in [1.807, 2.05) is 24.3 Å². The molecule has 0 aliphatic carbocycles. The zero-order valence-corrected chi connectivity index (χ0v) is 9.80. The van der Waals surface area contributed by atoms with Crippen molar-refractivity contribution in [2.45, 2.75) is 6.42 Å². The first-order valence-electron chi connectivity index (χ1n) is 5.47. The summed E-state index contributed by atoms with van der Waals surface area (Å²) in [5, 5.41) is 19.7. The van der Waals surface area contributed by atoms with Gasteiger partial charge in [-0.25, -0.2) is 0 Å². The fraction of sp³-hybridized carbons (Fsp3) is 0.231. The van der Waals surface area contributed by atoms with Crippen molar-refractivity contribution < 1.29 is 19.8 Å². The third kappa shape index (κ3) is 5.81. The van der Waals surface area contributed by atoms with Crippen molar-refractivity contribution in [3.63, 3.8) is 0 Å². The SMILES string of the molecule is O=C(O)CNCC=Cc1ccc(CC(=O)O)cc1. The van der Waals surface area contributed by atoms with Crippen LogP contribution in [-0.2, 0) is 16.0 Å². The van der Waals surface area contributed by atoms with Crippen molar-refractivity contribution in [2.75, 3.05) is 13.1 Å². The van der Waals surface area contributed by atoms with Crippen LogP contribution in [0.4, 0.5) is 0 Å². The van der Waals surface area contributed by atoms with Gasteiger partial charge in [0.15, 0.2) is 0 Å². The summed E-state index contributed by atoms with van der Waals surface area (Å²) in [6.07, 6.45) is 3.68. The second-order valence-corrected chi connectivity index (χ2v) is 3.74. The predicted molar refractivity (Wildman–Crippen MR) is 67.3 cm³/mol. The molecule has 0 saturated heterocycles. The van der Waals surface area contributed by atoms with E-state index in [-0.39, 0.29) is 13.0 Å². The first kappa shape index (κ1) is 13.9. The lowest BCUT2D eigenvalue weighted by Crippen LogP contribution is -2.22. The number of aliphatic carboxylic acids is 2. The van der Waals surface area contributed by atoms with Gasteiger partial charge in [-0.05, 0) is 11.1 Å². The molecule has 1 aromatic rings. The van der Waals surface area contributed by atoms with Crippen LogP contribution in [0.1, 0.15) is 11.1 Å². The maximum Gasteiger partial charge on any atom is 0.317 e. The van der Waals surface area contributed by atoms with Crippen LogP contribution >= 0.6 is 0 Å². The molecule has 0 aliphatic heterocycles. The van der Waals surface area contributed by atoms with Gasteiger partial charge in [0.05, 0.1) is 13.0 Å². The fourth-order valence-electron chi connectivity index (χ4n) is 1.38. The standard InChI is InChI=1S/C13H15NO4/c15-12(16)8-11-5-3-10(4-6-11)2-1-7-14-9-13(17)18/h1-6,14H,7-9H2,(H,15,16)(H,17,18). The molecule has 0 aliphatic rings. The Kier molecular flexibility index (Phi) is 5.60. The van der Waals surface area contributed by atoms with E-state index in [1.54, 1.807) is 12.1 Å². The summed E-state index contributed by atoms with van der Waals surface area (Å²) in [5.41, 5.74) is 1.70. The molecule has 0 aromatic heterocycles. The van der Waals surface area contributed by atoms with Crippen LogP contribution in [0.15, 0.2) is 30.3 Å². The van der Waals surface area contributed by atoms with Crippen molar-refractivity contribution >= 4 is 18.0 Å². The summed E-state index contributed by atoms with van der Waals surface area (Å²) in [6.45, 7) is 0.408. The van der Waals surface area contributed by atoms with Crippen LogP contribution in [0, 0.1) is 0 Å². The highest BCUT2D eigenvalue weighted by Gasteiger charge is 1.98. The van der Waals surface area contributed by atoms with E-state index in [2.05, 4.69) is 5.32 Å². The molecule has 1 rings (SSSR count). The molecule has 0 amide bonds. The molecule has 0 atom stereocenters. The number of benzene rings is 1. The van der Waals surface area contributed by atoms with Gasteiger partial charge >= 0.3 is 11.9 Å². The van der Waals surface area contributed by atoms with E-state index in [0.29, 0.717) is 6.54 Å². The second-order valence-electron chi connectivity index (χ2n) is 3.74. The minimum Gasteiger partial charge on any atom is -0.481 e. The zero-order valence-electron chi connectivity index (χ0n) is 9.80. The molecule has 0 heterocycles. The largest absolute Gasteiger partial charge is 0.481 e. The van der Waals surface area contributed by atoms with E-state index in [9.17, 15) is 9.59 Å². The fourth-order valence-corrected chi connectivity index (χ4v) is 1.38. The monoisotopic (exact) mass is 249 g/mol. The number of hydrogen-bond acceptors (Lipinski definition) is 3. The maximum atomic E-state index is 10.5. The molecule has 0 fully saturated rings. The van der Waals surface area contributed by atoms with Gasteiger partial charge < -0.3 is 15.5 Å². The third-order valence-electron chi connectivity index (χ3n) is 2.18. The number of carbonyl (C=O) groups is 2. The van der Waals surface area contributed by atoms with Crippen molar-refractivity contribution in [3.05, 3.63) is 41.5 Å². The molecule has 18 heavy (non-hydrogen) atoms. The maximum absolute atomic E-state index is 10.5. The molecule has 5 heteroatoms. The van der Waals surface area contributed by atoms with Crippen LogP contribution < -0.4 is 5.32 Å². The molecular weight excluding hydrogens is 234 g/mol. The van der Waals surface area contributed by atoms with E-state index >= 15 is 0 Å². The van der Waals surface area contributed by atoms with Crippen molar-refractivity contribution in [2.24, 2.45) is 0 Å². The summed E-state index contributed by atoms with van der Waals surface area (Å²) in [4.78, 5) is 20.7. The quantitative estimate of drug-likeness (QED) is 0.628. The van der Waals surface area contributed by atoms with Crippen molar-refractivity contribution in [1.82, 2.24) is 5.32 Å². The second kappa shape index (κ2) is 7.24. The smallest absolute Gasteiger partial charge is 0.317 e. The Labute approximate surface area is 105 Å². The van der Waals surface area contributed by atoms with Crippen molar-refractivity contribution in [3.8, 4) is 0 Å². The number of carboxylic acids is 2. The first-order valence-corrected chi connectivity index (χ1v) is 5.47. The van der Waals surface area contributed by atoms with E-state index in [4.69, 9.17) is 10.2 Å². The Morgan fingerprint density at radius 3 is 2.33 bits per heavy atom.